The summed E-state index contributed by atoms with van der Waals surface area (Å²) in [6.45, 7) is 8.35. The molecule has 2 N–H and O–H groups in total. The van der Waals surface area contributed by atoms with Crippen molar-refractivity contribution in [3.05, 3.63) is 16.2 Å². The second-order valence-electron chi connectivity index (χ2n) is 6.83. The Morgan fingerprint density at radius 1 is 1.30 bits per heavy atom. The van der Waals surface area contributed by atoms with Crippen molar-refractivity contribution >= 4 is 18.1 Å². The molecule has 0 bridgehead atoms. The van der Waals surface area contributed by atoms with Gasteiger partial charge in [0.15, 0.2) is 18.0 Å². The number of amides is 1. The van der Waals surface area contributed by atoms with Crippen LogP contribution in [0.1, 0.15) is 56.5 Å². The van der Waals surface area contributed by atoms with Gasteiger partial charge in [0, 0.05) is 24.0 Å². The molecule has 1 heterocycles. The smallest absolute Gasteiger partial charge is 0.275 e. The largest absolute Gasteiger partial charge is 0.351 e. The molecule has 1 atom stereocenters. The molecule has 1 saturated carbocycles. The van der Waals surface area contributed by atoms with Crippen LogP contribution in [0.15, 0.2) is 0 Å². The van der Waals surface area contributed by atoms with Gasteiger partial charge in [0.25, 0.3) is 5.91 Å². The van der Waals surface area contributed by atoms with Crippen LogP contribution in [0.25, 0.3) is 0 Å². The van der Waals surface area contributed by atoms with E-state index in [9.17, 15) is 4.79 Å². The van der Waals surface area contributed by atoms with Gasteiger partial charge in [-0.1, -0.05) is 19.8 Å². The minimum absolute atomic E-state index is 0.112. The molecule has 23 heavy (non-hydrogen) atoms. The third kappa shape index (κ3) is 4.23. The van der Waals surface area contributed by atoms with Crippen LogP contribution in [-0.4, -0.2) is 35.2 Å². The molecule has 1 unspecified atom stereocenters. The molecule has 0 aliphatic heterocycles. The van der Waals surface area contributed by atoms with Gasteiger partial charge in [-0.3, -0.25) is 9.36 Å². The Hall–Kier alpha value is -1.14. The van der Waals surface area contributed by atoms with Crippen molar-refractivity contribution < 1.29 is 9.69 Å². The summed E-state index contributed by atoms with van der Waals surface area (Å²) in [5.74, 6) is 0.112. The quantitative estimate of drug-likeness (QED) is 0.743. The number of imidazole rings is 1. The molecular weight excluding hydrogens is 308 g/mol. The van der Waals surface area contributed by atoms with E-state index in [1.165, 1.54) is 37.1 Å². The molecule has 1 aromatic rings. The number of hydrogen-bond acceptors (Lipinski definition) is 2. The predicted molar refractivity (Wildman–Crippen MR) is 95.3 cm³/mol. The highest BCUT2D eigenvalue weighted by Crippen LogP contribution is 2.32. The van der Waals surface area contributed by atoms with Gasteiger partial charge < -0.3 is 14.8 Å². The lowest BCUT2D eigenvalue weighted by Crippen LogP contribution is -3.09. The van der Waals surface area contributed by atoms with Gasteiger partial charge in [-0.25, -0.2) is 0 Å². The predicted octanol–water partition coefficient (Wildman–Crippen LogP) is 1.75. The number of hydrogen-bond donors (Lipinski definition) is 2. The second-order valence-corrected chi connectivity index (χ2v) is 7.20. The fourth-order valence-corrected chi connectivity index (χ4v) is 3.98. The summed E-state index contributed by atoms with van der Waals surface area (Å²) < 4.78 is 5.47. The summed E-state index contributed by atoms with van der Waals surface area (Å²) >= 11 is 5.75. The molecule has 1 aliphatic carbocycles. The first kappa shape index (κ1) is 18.2. The first-order valence-corrected chi connectivity index (χ1v) is 9.22. The summed E-state index contributed by atoms with van der Waals surface area (Å²) in [4.78, 5) is 13.0. The highest BCUT2D eigenvalue weighted by Gasteiger charge is 2.23. The summed E-state index contributed by atoms with van der Waals surface area (Å²) in [6.07, 6.45) is 6.05. The zero-order valence-corrected chi connectivity index (χ0v) is 15.8. The summed E-state index contributed by atoms with van der Waals surface area (Å²) in [7, 11) is 2.05. The number of nitrogens with one attached hydrogen (secondary N) is 2. The van der Waals surface area contributed by atoms with Crippen molar-refractivity contribution in [2.75, 3.05) is 20.1 Å². The van der Waals surface area contributed by atoms with E-state index in [2.05, 4.69) is 42.3 Å². The molecule has 0 aromatic carbocycles. The van der Waals surface area contributed by atoms with E-state index < -0.39 is 0 Å². The highest BCUT2D eigenvalue weighted by molar-refractivity contribution is 7.71. The highest BCUT2D eigenvalue weighted by atomic mass is 32.1. The molecule has 2 rings (SSSR count). The van der Waals surface area contributed by atoms with Gasteiger partial charge in [0.05, 0.1) is 7.05 Å². The summed E-state index contributed by atoms with van der Waals surface area (Å²) in [5.41, 5.74) is 2.51. The third-order valence-electron chi connectivity index (χ3n) is 4.88. The molecule has 0 saturated heterocycles. The lowest BCUT2D eigenvalue weighted by molar-refractivity contribution is -0.895. The number of quaternary nitrogens is 1. The van der Waals surface area contributed by atoms with Crippen molar-refractivity contribution in [3.63, 3.8) is 0 Å². The first-order valence-electron chi connectivity index (χ1n) is 8.81. The minimum Gasteiger partial charge on any atom is -0.351 e. The third-order valence-corrected chi connectivity index (χ3v) is 5.30. The van der Waals surface area contributed by atoms with Crippen LogP contribution in [0, 0.1) is 18.6 Å². The zero-order valence-electron chi connectivity index (χ0n) is 14.9. The van der Waals surface area contributed by atoms with Crippen molar-refractivity contribution in [1.82, 2.24) is 14.5 Å². The van der Waals surface area contributed by atoms with E-state index in [0.29, 0.717) is 12.6 Å². The molecule has 1 aromatic heterocycles. The maximum Gasteiger partial charge on any atom is 0.275 e. The maximum absolute atomic E-state index is 11.9. The lowest BCUT2D eigenvalue weighted by atomic mass is 10.2. The molecule has 1 aliphatic rings. The van der Waals surface area contributed by atoms with Crippen molar-refractivity contribution in [2.45, 2.75) is 65.6 Å². The molecule has 0 spiro atoms. The van der Waals surface area contributed by atoms with Gasteiger partial charge in [-0.05, 0) is 45.3 Å². The SMILES string of the molecule is CCCNC(=O)C[NH+](C)Cn1c(C)c(C)n(C2CCCC2)c1=S. The van der Waals surface area contributed by atoms with Crippen molar-refractivity contribution in [3.8, 4) is 0 Å². The lowest BCUT2D eigenvalue weighted by Gasteiger charge is -2.16. The van der Waals surface area contributed by atoms with Crippen molar-refractivity contribution in [2.24, 2.45) is 0 Å². The Bertz CT molecular complexity index is 598. The minimum atomic E-state index is 0.112. The summed E-state index contributed by atoms with van der Waals surface area (Å²) in [6, 6.07) is 0.565. The molecule has 5 nitrogen and oxygen atoms in total. The Morgan fingerprint density at radius 3 is 2.57 bits per heavy atom. The van der Waals surface area contributed by atoms with Crippen LogP contribution in [0.3, 0.4) is 0 Å². The number of likely N-dealkylation sites (N-methyl/N-ethyl adjacent to an activating group) is 1. The average molecular weight is 340 g/mol. The summed E-state index contributed by atoms with van der Waals surface area (Å²) in [5, 5.41) is 2.94. The number of rotatable bonds is 7. The Labute approximate surface area is 144 Å². The van der Waals surface area contributed by atoms with Crippen LogP contribution >= 0.6 is 12.2 Å². The van der Waals surface area contributed by atoms with E-state index in [4.69, 9.17) is 12.2 Å². The number of carbonyl (C=O) groups is 1. The monoisotopic (exact) mass is 339 g/mol. The van der Waals surface area contributed by atoms with E-state index in [0.717, 1.165) is 29.3 Å². The van der Waals surface area contributed by atoms with Crippen LogP contribution < -0.4 is 10.2 Å². The van der Waals surface area contributed by atoms with Crippen LogP contribution in [0.2, 0.25) is 0 Å². The van der Waals surface area contributed by atoms with Crippen LogP contribution in [-0.2, 0) is 11.5 Å². The van der Waals surface area contributed by atoms with Gasteiger partial charge in [0.1, 0.15) is 0 Å². The van der Waals surface area contributed by atoms with Gasteiger partial charge in [-0.2, -0.15) is 0 Å². The molecule has 1 amide bonds. The van der Waals surface area contributed by atoms with Crippen molar-refractivity contribution in [1.29, 1.82) is 0 Å². The maximum atomic E-state index is 11.9. The Morgan fingerprint density at radius 2 is 1.96 bits per heavy atom. The number of aromatic nitrogens is 2. The topological polar surface area (TPSA) is 43.4 Å². The molecular formula is C17H31N4OS+. The normalized spacial score (nSPS) is 16.7. The zero-order chi connectivity index (χ0) is 17.0. The molecule has 6 heteroatoms. The van der Waals surface area contributed by atoms with Crippen LogP contribution in [0.4, 0.5) is 0 Å². The average Bonchev–Trinajstić information content (AvgIpc) is 3.09. The fourth-order valence-electron chi connectivity index (χ4n) is 3.49. The second kappa shape index (κ2) is 8.11. The van der Waals surface area contributed by atoms with Gasteiger partial charge >= 0.3 is 0 Å². The van der Waals surface area contributed by atoms with Gasteiger partial charge in [0.2, 0.25) is 0 Å². The number of carbonyl (C=O) groups excluding carboxylic acids is 1. The van der Waals surface area contributed by atoms with E-state index in [1.54, 1.807) is 0 Å². The fraction of sp³-hybridized carbons (Fsp3) is 0.765. The first-order chi connectivity index (χ1) is 11.0. The number of nitrogens with zero attached hydrogens (tertiary/aromatic N) is 2. The Balaban J connectivity index is 2.09. The van der Waals surface area contributed by atoms with E-state index in [1.807, 2.05) is 0 Å². The molecule has 130 valence electrons. The van der Waals surface area contributed by atoms with Crippen LogP contribution in [0.5, 0.6) is 0 Å². The van der Waals surface area contributed by atoms with Gasteiger partial charge in [-0.15, -0.1) is 0 Å². The standard InChI is InChI=1S/C17H30N4OS/c1-5-10-18-16(22)11-19(4)12-20-13(2)14(3)21(17(20)23)15-8-6-7-9-15/h15H,5-12H2,1-4H3,(H,18,22)/p+1. The van der Waals surface area contributed by atoms with E-state index in [-0.39, 0.29) is 5.91 Å². The van der Waals surface area contributed by atoms with E-state index >= 15 is 0 Å². The Kier molecular flexibility index (Phi) is 6.41. The molecule has 0 radical (unpaired) electrons. The molecule has 1 fully saturated rings.